The predicted molar refractivity (Wildman–Crippen MR) is 99.5 cm³/mol. The maximum absolute atomic E-state index is 10.9. The van der Waals surface area contributed by atoms with E-state index in [2.05, 4.69) is 34.1 Å². The van der Waals surface area contributed by atoms with Gasteiger partial charge in [-0.25, -0.2) is 4.79 Å². The molecule has 1 aliphatic rings. The summed E-state index contributed by atoms with van der Waals surface area (Å²) in [5.74, 6) is 0.799. The van der Waals surface area contributed by atoms with Crippen LogP contribution in [0.15, 0.2) is 42.6 Å². The van der Waals surface area contributed by atoms with Crippen molar-refractivity contribution in [2.75, 3.05) is 32.8 Å². The average Bonchev–Trinajstić information content (AvgIpc) is 2.65. The second-order valence-electron chi connectivity index (χ2n) is 6.60. The summed E-state index contributed by atoms with van der Waals surface area (Å²) in [5.41, 5.74) is 3.48. The lowest BCUT2D eigenvalue weighted by atomic mass is 10.1. The molecule has 0 unspecified atom stereocenters. The van der Waals surface area contributed by atoms with Crippen molar-refractivity contribution in [3.8, 4) is 5.75 Å². The van der Waals surface area contributed by atoms with Crippen molar-refractivity contribution in [2.45, 2.75) is 19.9 Å². The van der Waals surface area contributed by atoms with Gasteiger partial charge < -0.3 is 14.7 Å². The van der Waals surface area contributed by atoms with Gasteiger partial charge >= 0.3 is 6.09 Å². The quantitative estimate of drug-likeness (QED) is 0.863. The third-order valence-corrected chi connectivity index (χ3v) is 4.62. The van der Waals surface area contributed by atoms with E-state index >= 15 is 0 Å². The molecule has 2 heterocycles. The minimum absolute atomic E-state index is 0.582. The second kappa shape index (κ2) is 8.67. The topological polar surface area (TPSA) is 65.9 Å². The fraction of sp³-hybridized carbons (Fsp3) is 0.400. The van der Waals surface area contributed by atoms with Gasteiger partial charge in [0.1, 0.15) is 5.75 Å². The van der Waals surface area contributed by atoms with Crippen LogP contribution in [0.4, 0.5) is 4.79 Å². The van der Waals surface area contributed by atoms with E-state index in [1.807, 2.05) is 19.1 Å². The first-order valence-electron chi connectivity index (χ1n) is 8.93. The van der Waals surface area contributed by atoms with E-state index < -0.39 is 6.09 Å². The highest BCUT2D eigenvalue weighted by Gasteiger charge is 2.20. The van der Waals surface area contributed by atoms with Gasteiger partial charge in [0.25, 0.3) is 0 Å². The molecule has 26 heavy (non-hydrogen) atoms. The van der Waals surface area contributed by atoms with E-state index in [0.717, 1.165) is 37.5 Å². The lowest BCUT2D eigenvalue weighted by Crippen LogP contribution is -2.47. The zero-order valence-corrected chi connectivity index (χ0v) is 15.1. The Bertz CT molecular complexity index is 708. The van der Waals surface area contributed by atoms with E-state index in [1.165, 1.54) is 16.0 Å². The molecule has 1 aliphatic heterocycles. The van der Waals surface area contributed by atoms with Crippen molar-refractivity contribution in [3.05, 3.63) is 59.4 Å². The van der Waals surface area contributed by atoms with Crippen LogP contribution in [0.2, 0.25) is 0 Å². The fourth-order valence-electron chi connectivity index (χ4n) is 2.99. The number of rotatable bonds is 6. The molecule has 0 bridgehead atoms. The van der Waals surface area contributed by atoms with Crippen LogP contribution >= 0.6 is 0 Å². The van der Waals surface area contributed by atoms with Crippen molar-refractivity contribution in [3.63, 3.8) is 0 Å². The smallest absolute Gasteiger partial charge is 0.407 e. The third-order valence-electron chi connectivity index (χ3n) is 4.62. The number of carbonyl (C=O) groups is 1. The number of aryl methyl sites for hydroxylation is 1. The molecular weight excluding hydrogens is 330 g/mol. The molecule has 138 valence electrons. The van der Waals surface area contributed by atoms with Crippen LogP contribution < -0.4 is 4.74 Å². The molecule has 0 spiro atoms. The highest BCUT2D eigenvalue weighted by Crippen LogP contribution is 2.12. The fourth-order valence-corrected chi connectivity index (χ4v) is 2.99. The van der Waals surface area contributed by atoms with Crippen molar-refractivity contribution < 1.29 is 14.6 Å². The molecule has 0 atom stereocenters. The Morgan fingerprint density at radius 1 is 1.08 bits per heavy atom. The van der Waals surface area contributed by atoms with E-state index in [1.54, 1.807) is 6.20 Å². The highest BCUT2D eigenvalue weighted by molar-refractivity contribution is 5.65. The van der Waals surface area contributed by atoms with Crippen LogP contribution in [0.1, 0.15) is 16.8 Å². The molecule has 1 saturated heterocycles. The summed E-state index contributed by atoms with van der Waals surface area (Å²) >= 11 is 0. The average molecular weight is 355 g/mol. The summed E-state index contributed by atoms with van der Waals surface area (Å²) < 4.78 is 5.72. The number of piperazine rings is 1. The van der Waals surface area contributed by atoms with Crippen LogP contribution in [0.3, 0.4) is 0 Å². The first-order chi connectivity index (χ1) is 12.6. The Morgan fingerprint density at radius 3 is 2.38 bits per heavy atom. The molecule has 1 amide bonds. The minimum Gasteiger partial charge on any atom is -0.492 e. The van der Waals surface area contributed by atoms with Gasteiger partial charge in [0.05, 0.1) is 12.8 Å². The molecule has 0 aliphatic carbocycles. The largest absolute Gasteiger partial charge is 0.492 e. The molecule has 1 fully saturated rings. The molecule has 0 radical (unpaired) electrons. The van der Waals surface area contributed by atoms with Crippen molar-refractivity contribution in [1.29, 1.82) is 0 Å². The Hall–Kier alpha value is -2.60. The Balaban J connectivity index is 1.42. The van der Waals surface area contributed by atoms with Gasteiger partial charge in [-0.1, -0.05) is 24.3 Å². The monoisotopic (exact) mass is 355 g/mol. The van der Waals surface area contributed by atoms with Crippen LogP contribution in [0, 0.1) is 6.92 Å². The summed E-state index contributed by atoms with van der Waals surface area (Å²) in [6.45, 7) is 6.17. The summed E-state index contributed by atoms with van der Waals surface area (Å²) in [6.07, 6.45) is 1.78. The lowest BCUT2D eigenvalue weighted by molar-refractivity contribution is 0.103. The Labute approximate surface area is 154 Å². The second-order valence-corrected chi connectivity index (χ2v) is 6.60. The summed E-state index contributed by atoms with van der Waals surface area (Å²) in [4.78, 5) is 18.9. The first kappa shape index (κ1) is 18.2. The Kier molecular flexibility index (Phi) is 6.07. The molecule has 0 saturated carbocycles. The van der Waals surface area contributed by atoms with Gasteiger partial charge in [-0.05, 0) is 30.2 Å². The van der Waals surface area contributed by atoms with E-state index in [0.29, 0.717) is 19.7 Å². The van der Waals surface area contributed by atoms with Gasteiger partial charge in [0.2, 0.25) is 0 Å². The summed E-state index contributed by atoms with van der Waals surface area (Å²) in [5, 5.41) is 8.99. The SMILES string of the molecule is Cc1ccc(OCCc2ccc(CN3CCN(C(=O)O)CC3)cc2)cn1. The minimum atomic E-state index is -0.822. The Morgan fingerprint density at radius 2 is 1.77 bits per heavy atom. The number of aromatic nitrogens is 1. The van der Waals surface area contributed by atoms with Gasteiger partial charge in [0, 0.05) is 44.8 Å². The standard InChI is InChI=1S/C20H25N3O3/c1-16-2-7-19(14-21-16)26-13-8-17-3-5-18(6-4-17)15-22-9-11-23(12-10-22)20(24)25/h2-7,14H,8-13,15H2,1H3,(H,24,25). The molecule has 2 aromatic rings. The molecule has 6 nitrogen and oxygen atoms in total. The summed E-state index contributed by atoms with van der Waals surface area (Å²) in [7, 11) is 0. The predicted octanol–water partition coefficient (Wildman–Crippen LogP) is 2.81. The number of hydrogen-bond acceptors (Lipinski definition) is 4. The number of amides is 1. The number of pyridine rings is 1. The van der Waals surface area contributed by atoms with Crippen LogP contribution in [0.25, 0.3) is 0 Å². The first-order valence-corrected chi connectivity index (χ1v) is 8.93. The molecule has 3 rings (SSSR count). The number of carboxylic acid groups (broad SMARTS) is 1. The maximum Gasteiger partial charge on any atom is 0.407 e. The van der Waals surface area contributed by atoms with E-state index in [9.17, 15) is 4.79 Å². The van der Waals surface area contributed by atoms with Crippen LogP contribution in [0.5, 0.6) is 5.75 Å². The third kappa shape index (κ3) is 5.20. The number of benzene rings is 1. The summed E-state index contributed by atoms with van der Waals surface area (Å²) in [6, 6.07) is 12.5. The van der Waals surface area contributed by atoms with Gasteiger partial charge in [-0.3, -0.25) is 9.88 Å². The number of ether oxygens (including phenoxy) is 1. The molecular formula is C20H25N3O3. The normalized spacial score (nSPS) is 15.0. The van der Waals surface area contributed by atoms with E-state index in [4.69, 9.17) is 9.84 Å². The van der Waals surface area contributed by atoms with Crippen molar-refractivity contribution in [2.24, 2.45) is 0 Å². The number of nitrogens with zero attached hydrogens (tertiary/aromatic N) is 3. The highest BCUT2D eigenvalue weighted by atomic mass is 16.5. The van der Waals surface area contributed by atoms with Gasteiger partial charge in [-0.15, -0.1) is 0 Å². The molecule has 6 heteroatoms. The number of hydrogen-bond donors (Lipinski definition) is 1. The molecule has 1 N–H and O–H groups in total. The van der Waals surface area contributed by atoms with Crippen LogP contribution in [-0.2, 0) is 13.0 Å². The zero-order chi connectivity index (χ0) is 18.4. The molecule has 1 aromatic carbocycles. The van der Waals surface area contributed by atoms with Crippen molar-refractivity contribution >= 4 is 6.09 Å². The van der Waals surface area contributed by atoms with Gasteiger partial charge in [-0.2, -0.15) is 0 Å². The van der Waals surface area contributed by atoms with Gasteiger partial charge in [0.15, 0.2) is 0 Å². The van der Waals surface area contributed by atoms with E-state index in [-0.39, 0.29) is 0 Å². The van der Waals surface area contributed by atoms with Crippen LogP contribution in [-0.4, -0.2) is 58.8 Å². The zero-order valence-electron chi connectivity index (χ0n) is 15.1. The molecule has 1 aromatic heterocycles. The lowest BCUT2D eigenvalue weighted by Gasteiger charge is -2.33. The van der Waals surface area contributed by atoms with Crippen molar-refractivity contribution in [1.82, 2.24) is 14.8 Å². The maximum atomic E-state index is 10.9.